The Bertz CT molecular complexity index is 382. The first-order valence-corrected chi connectivity index (χ1v) is 7.72. The predicted molar refractivity (Wildman–Crippen MR) is 80.7 cm³/mol. The van der Waals surface area contributed by atoms with E-state index in [1.165, 1.54) is 5.56 Å². The molecule has 0 heterocycles. The molecule has 0 aliphatic rings. The van der Waals surface area contributed by atoms with Crippen LogP contribution in [0, 0.1) is 0 Å². The van der Waals surface area contributed by atoms with Gasteiger partial charge in [-0.25, -0.2) is 0 Å². The first-order chi connectivity index (χ1) is 9.17. The summed E-state index contributed by atoms with van der Waals surface area (Å²) in [6.45, 7) is 0.609. The van der Waals surface area contributed by atoms with Crippen LogP contribution in [-0.2, 0) is 11.2 Å². The van der Waals surface area contributed by atoms with E-state index in [-0.39, 0.29) is 5.91 Å². The monoisotopic (exact) mass is 282 g/mol. The third kappa shape index (κ3) is 5.98. The number of hydrogen-bond donors (Lipinski definition) is 2. The Hall–Kier alpha value is -1.20. The van der Waals surface area contributed by atoms with Crippen molar-refractivity contribution in [2.24, 2.45) is 5.73 Å². The van der Waals surface area contributed by atoms with Crippen LogP contribution in [0.2, 0.25) is 0 Å². The lowest BCUT2D eigenvalue weighted by atomic mass is 10.1. The van der Waals surface area contributed by atoms with Crippen molar-refractivity contribution >= 4 is 17.7 Å². The van der Waals surface area contributed by atoms with E-state index in [0.29, 0.717) is 6.54 Å². The molecule has 0 radical (unpaired) electrons. The molecule has 1 atom stereocenters. The Kier molecular flexibility index (Phi) is 7.36. The van der Waals surface area contributed by atoms with E-state index in [2.05, 4.69) is 5.32 Å². The second-order valence-corrected chi connectivity index (χ2v) is 5.26. The van der Waals surface area contributed by atoms with Crippen molar-refractivity contribution in [3.8, 4) is 5.75 Å². The summed E-state index contributed by atoms with van der Waals surface area (Å²) in [4.78, 5) is 11.7. The lowest BCUT2D eigenvalue weighted by Crippen LogP contribution is -2.41. The molecule has 1 amide bonds. The first-order valence-electron chi connectivity index (χ1n) is 6.32. The van der Waals surface area contributed by atoms with Crippen molar-refractivity contribution in [3.05, 3.63) is 29.8 Å². The number of thioether (sulfide) groups is 1. The molecule has 106 valence electrons. The van der Waals surface area contributed by atoms with Crippen LogP contribution in [0.3, 0.4) is 0 Å². The topological polar surface area (TPSA) is 64.3 Å². The van der Waals surface area contributed by atoms with Crippen LogP contribution < -0.4 is 15.8 Å². The fraction of sp³-hybridized carbons (Fsp3) is 0.500. The van der Waals surface area contributed by atoms with Gasteiger partial charge in [-0.2, -0.15) is 11.8 Å². The van der Waals surface area contributed by atoms with Crippen LogP contribution in [-0.4, -0.2) is 37.6 Å². The minimum absolute atomic E-state index is 0.0671. The van der Waals surface area contributed by atoms with Crippen molar-refractivity contribution in [2.45, 2.75) is 18.9 Å². The smallest absolute Gasteiger partial charge is 0.236 e. The molecule has 0 aliphatic heterocycles. The third-order valence-electron chi connectivity index (χ3n) is 2.84. The number of benzene rings is 1. The van der Waals surface area contributed by atoms with E-state index in [4.69, 9.17) is 10.5 Å². The average Bonchev–Trinajstić information content (AvgIpc) is 2.45. The quantitative estimate of drug-likeness (QED) is 0.757. The largest absolute Gasteiger partial charge is 0.497 e. The zero-order valence-electron chi connectivity index (χ0n) is 11.5. The van der Waals surface area contributed by atoms with Crippen molar-refractivity contribution in [1.82, 2.24) is 5.32 Å². The second kappa shape index (κ2) is 8.82. The van der Waals surface area contributed by atoms with Gasteiger partial charge in [0.05, 0.1) is 13.2 Å². The Balaban J connectivity index is 2.27. The van der Waals surface area contributed by atoms with Gasteiger partial charge in [-0.05, 0) is 42.5 Å². The van der Waals surface area contributed by atoms with Gasteiger partial charge >= 0.3 is 0 Å². The fourth-order valence-corrected chi connectivity index (χ4v) is 2.12. The zero-order valence-corrected chi connectivity index (χ0v) is 12.3. The Labute approximate surface area is 119 Å². The van der Waals surface area contributed by atoms with Gasteiger partial charge in [-0.1, -0.05) is 12.1 Å². The molecule has 1 aromatic carbocycles. The minimum Gasteiger partial charge on any atom is -0.497 e. The summed E-state index contributed by atoms with van der Waals surface area (Å²) in [5.74, 6) is 1.68. The average molecular weight is 282 g/mol. The molecule has 5 heteroatoms. The number of hydrogen-bond acceptors (Lipinski definition) is 4. The van der Waals surface area contributed by atoms with Gasteiger partial charge in [0.25, 0.3) is 0 Å². The van der Waals surface area contributed by atoms with E-state index in [0.717, 1.165) is 24.3 Å². The van der Waals surface area contributed by atoms with E-state index < -0.39 is 6.04 Å². The lowest BCUT2D eigenvalue weighted by Gasteiger charge is -2.11. The van der Waals surface area contributed by atoms with Gasteiger partial charge in [0.2, 0.25) is 5.91 Å². The van der Waals surface area contributed by atoms with Crippen LogP contribution in [0.1, 0.15) is 12.0 Å². The molecule has 0 bridgehead atoms. The number of carbonyl (C=O) groups is 1. The normalized spacial score (nSPS) is 11.9. The molecule has 1 aromatic rings. The maximum Gasteiger partial charge on any atom is 0.236 e. The number of methoxy groups -OCH3 is 1. The number of carbonyl (C=O) groups excluding carboxylic acids is 1. The highest BCUT2D eigenvalue weighted by Crippen LogP contribution is 2.11. The highest BCUT2D eigenvalue weighted by molar-refractivity contribution is 7.98. The van der Waals surface area contributed by atoms with E-state index in [9.17, 15) is 4.79 Å². The van der Waals surface area contributed by atoms with Crippen LogP contribution >= 0.6 is 11.8 Å². The van der Waals surface area contributed by atoms with Gasteiger partial charge in [0.1, 0.15) is 5.75 Å². The van der Waals surface area contributed by atoms with Crippen molar-refractivity contribution in [3.63, 3.8) is 0 Å². The highest BCUT2D eigenvalue weighted by atomic mass is 32.2. The summed E-state index contributed by atoms with van der Waals surface area (Å²) in [5, 5.41) is 2.86. The summed E-state index contributed by atoms with van der Waals surface area (Å²) < 4.78 is 5.09. The molecule has 4 nitrogen and oxygen atoms in total. The van der Waals surface area contributed by atoms with Gasteiger partial charge < -0.3 is 15.8 Å². The molecule has 0 saturated carbocycles. The van der Waals surface area contributed by atoms with E-state index in [1.807, 2.05) is 30.5 Å². The van der Waals surface area contributed by atoms with Gasteiger partial charge in [0.15, 0.2) is 0 Å². The summed E-state index contributed by atoms with van der Waals surface area (Å²) in [5.41, 5.74) is 6.94. The molecule has 0 fully saturated rings. The van der Waals surface area contributed by atoms with E-state index >= 15 is 0 Å². The summed E-state index contributed by atoms with van der Waals surface area (Å²) in [6.07, 6.45) is 3.52. The Morgan fingerprint density at radius 1 is 1.42 bits per heavy atom. The Morgan fingerprint density at radius 2 is 2.11 bits per heavy atom. The minimum atomic E-state index is -0.400. The van der Waals surface area contributed by atoms with Crippen LogP contribution in [0.4, 0.5) is 0 Å². The molecule has 19 heavy (non-hydrogen) atoms. The van der Waals surface area contributed by atoms with Crippen LogP contribution in [0.5, 0.6) is 5.75 Å². The van der Waals surface area contributed by atoms with Crippen LogP contribution in [0.15, 0.2) is 24.3 Å². The van der Waals surface area contributed by atoms with Gasteiger partial charge in [-0.3, -0.25) is 4.79 Å². The molecule has 0 aromatic heterocycles. The fourth-order valence-electron chi connectivity index (χ4n) is 1.63. The number of ether oxygens (including phenoxy) is 1. The molecule has 0 unspecified atom stereocenters. The Morgan fingerprint density at radius 3 is 2.68 bits per heavy atom. The van der Waals surface area contributed by atoms with Crippen molar-refractivity contribution in [1.29, 1.82) is 0 Å². The SMILES string of the molecule is COc1ccc(CCNC(=O)[C@H](N)CCSC)cc1. The standard InChI is InChI=1S/C14H22N2O2S/c1-18-12-5-3-11(4-6-12)7-9-16-14(17)13(15)8-10-19-2/h3-6,13H,7-10,15H2,1-2H3,(H,16,17)/t13-/m1/s1. The predicted octanol–water partition coefficient (Wildman–Crippen LogP) is 1.43. The van der Waals surface area contributed by atoms with E-state index in [1.54, 1.807) is 18.9 Å². The first kappa shape index (κ1) is 15.9. The number of rotatable bonds is 8. The maximum atomic E-state index is 11.7. The zero-order chi connectivity index (χ0) is 14.1. The molecular formula is C14H22N2O2S. The van der Waals surface area contributed by atoms with Crippen molar-refractivity contribution in [2.75, 3.05) is 25.7 Å². The third-order valence-corrected chi connectivity index (χ3v) is 3.49. The highest BCUT2D eigenvalue weighted by Gasteiger charge is 2.11. The maximum absolute atomic E-state index is 11.7. The molecule has 0 aliphatic carbocycles. The summed E-state index contributed by atoms with van der Waals surface area (Å²) in [7, 11) is 1.64. The molecule has 3 N–H and O–H groups in total. The lowest BCUT2D eigenvalue weighted by molar-refractivity contribution is -0.122. The van der Waals surface area contributed by atoms with Gasteiger partial charge in [-0.15, -0.1) is 0 Å². The molecule has 0 spiro atoms. The van der Waals surface area contributed by atoms with Gasteiger partial charge in [0, 0.05) is 6.54 Å². The molecule has 1 rings (SSSR count). The second-order valence-electron chi connectivity index (χ2n) is 4.28. The number of nitrogens with two attached hydrogens (primary N) is 1. The number of amides is 1. The summed E-state index contributed by atoms with van der Waals surface area (Å²) >= 11 is 1.70. The summed E-state index contributed by atoms with van der Waals surface area (Å²) in [6, 6.07) is 7.43. The van der Waals surface area contributed by atoms with Crippen LogP contribution in [0.25, 0.3) is 0 Å². The van der Waals surface area contributed by atoms with Crippen molar-refractivity contribution < 1.29 is 9.53 Å². The molecular weight excluding hydrogens is 260 g/mol. The number of nitrogens with one attached hydrogen (secondary N) is 1. The molecule has 0 saturated heterocycles.